The van der Waals surface area contributed by atoms with Crippen molar-refractivity contribution in [1.29, 1.82) is 0 Å². The van der Waals surface area contributed by atoms with Gasteiger partial charge in [-0.05, 0) is 56.4 Å². The Morgan fingerprint density at radius 3 is 2.51 bits per heavy atom. The summed E-state index contributed by atoms with van der Waals surface area (Å²) in [5.74, 6) is -0.736. The van der Waals surface area contributed by atoms with Crippen LogP contribution in [0.15, 0.2) is 36.4 Å². The van der Waals surface area contributed by atoms with Crippen molar-refractivity contribution in [2.24, 2.45) is 0 Å². The zero-order chi connectivity index (χ0) is 24.8. The molecule has 3 amide bonds. The summed E-state index contributed by atoms with van der Waals surface area (Å²) in [6, 6.07) is 10.9. The molecule has 0 unspecified atom stereocenters. The number of rotatable bonds is 9. The third-order valence-corrected chi connectivity index (χ3v) is 7.16. The van der Waals surface area contributed by atoms with Crippen molar-refractivity contribution >= 4 is 52.2 Å². The Balaban J connectivity index is 1.43. The Morgan fingerprint density at radius 1 is 1.14 bits per heavy atom. The third-order valence-electron chi connectivity index (χ3n) is 5.95. The predicted molar refractivity (Wildman–Crippen MR) is 136 cm³/mol. The van der Waals surface area contributed by atoms with Crippen molar-refractivity contribution in [2.75, 3.05) is 62.8 Å². The molecule has 4 rings (SSSR count). The standard InChI is InChI=1S/C24H29ClN4O5S/c1-26-10-2-3-22(30)29(23(31)20-8-9-21(25)35-20)16-19-15-28(24(32)34-19)18-6-4-17(5-7-18)27-11-13-33-14-12-27/h4-9,19,26H,2-3,10-16H2,1H3/t19-/m1/s1. The molecule has 2 aromatic rings. The van der Waals surface area contributed by atoms with E-state index >= 15 is 0 Å². The van der Waals surface area contributed by atoms with Crippen LogP contribution in [-0.2, 0) is 14.3 Å². The number of thiophene rings is 1. The topological polar surface area (TPSA) is 91.4 Å². The number of anilines is 2. The number of hydrogen-bond acceptors (Lipinski definition) is 8. The summed E-state index contributed by atoms with van der Waals surface area (Å²) < 4.78 is 11.4. The van der Waals surface area contributed by atoms with Crippen molar-refractivity contribution in [3.8, 4) is 0 Å². The molecule has 0 bridgehead atoms. The largest absolute Gasteiger partial charge is 0.442 e. The number of carbonyl (C=O) groups is 3. The normalized spacial score (nSPS) is 18.0. The van der Waals surface area contributed by atoms with Crippen LogP contribution in [0.25, 0.3) is 0 Å². The molecule has 188 valence electrons. The maximum absolute atomic E-state index is 13.1. The lowest BCUT2D eigenvalue weighted by atomic mass is 10.2. The van der Waals surface area contributed by atoms with Crippen molar-refractivity contribution in [2.45, 2.75) is 18.9 Å². The van der Waals surface area contributed by atoms with Crippen LogP contribution in [0, 0.1) is 0 Å². The molecule has 1 atom stereocenters. The predicted octanol–water partition coefficient (Wildman–Crippen LogP) is 3.23. The lowest BCUT2D eigenvalue weighted by molar-refractivity contribution is -0.129. The SMILES string of the molecule is CNCCCC(=O)N(C[C@H]1CN(c2ccc(N3CCOCC3)cc2)C(=O)O1)C(=O)c1ccc(Cl)s1. The summed E-state index contributed by atoms with van der Waals surface area (Å²) in [5.41, 5.74) is 1.78. The van der Waals surface area contributed by atoms with Crippen molar-refractivity contribution in [3.63, 3.8) is 0 Å². The number of benzene rings is 1. The molecule has 35 heavy (non-hydrogen) atoms. The molecule has 0 radical (unpaired) electrons. The third kappa shape index (κ3) is 6.32. The quantitative estimate of drug-likeness (QED) is 0.507. The second-order valence-corrected chi connectivity index (χ2v) is 10.1. The molecule has 2 fully saturated rings. The van der Waals surface area contributed by atoms with Gasteiger partial charge >= 0.3 is 6.09 Å². The van der Waals surface area contributed by atoms with Crippen LogP contribution in [0.1, 0.15) is 22.5 Å². The van der Waals surface area contributed by atoms with E-state index in [4.69, 9.17) is 21.1 Å². The van der Waals surface area contributed by atoms with E-state index in [0.29, 0.717) is 41.1 Å². The average molecular weight is 521 g/mol. The molecule has 1 aromatic carbocycles. The minimum Gasteiger partial charge on any atom is -0.442 e. The van der Waals surface area contributed by atoms with Crippen molar-refractivity contribution in [3.05, 3.63) is 45.6 Å². The fourth-order valence-corrected chi connectivity index (χ4v) is 5.10. The van der Waals surface area contributed by atoms with Crippen LogP contribution in [0.3, 0.4) is 0 Å². The van der Waals surface area contributed by atoms with E-state index in [9.17, 15) is 14.4 Å². The molecule has 2 aliphatic rings. The molecular formula is C24H29ClN4O5S. The lowest BCUT2D eigenvalue weighted by Crippen LogP contribution is -2.43. The number of imide groups is 1. The summed E-state index contributed by atoms with van der Waals surface area (Å²) in [4.78, 5) is 44.0. The summed E-state index contributed by atoms with van der Waals surface area (Å²) in [7, 11) is 1.81. The first-order valence-corrected chi connectivity index (χ1v) is 12.8. The van der Waals surface area contributed by atoms with Gasteiger partial charge in [-0.15, -0.1) is 11.3 Å². The fraction of sp³-hybridized carbons (Fsp3) is 0.458. The first-order chi connectivity index (χ1) is 17.0. The number of halogens is 1. The van der Waals surface area contributed by atoms with Gasteiger partial charge in [-0.2, -0.15) is 0 Å². The van der Waals surface area contributed by atoms with Crippen LogP contribution < -0.4 is 15.1 Å². The van der Waals surface area contributed by atoms with Gasteiger partial charge in [0.25, 0.3) is 5.91 Å². The second kappa shape index (κ2) is 11.9. The Bertz CT molecular complexity index is 1040. The van der Waals surface area contributed by atoms with Crippen LogP contribution in [-0.4, -0.2) is 81.9 Å². The van der Waals surface area contributed by atoms with Crippen LogP contribution in [0.5, 0.6) is 0 Å². The smallest absolute Gasteiger partial charge is 0.414 e. The van der Waals surface area contributed by atoms with Gasteiger partial charge in [0.2, 0.25) is 5.91 Å². The first kappa shape index (κ1) is 25.4. The van der Waals surface area contributed by atoms with E-state index in [1.807, 2.05) is 24.3 Å². The molecular weight excluding hydrogens is 492 g/mol. The van der Waals surface area contributed by atoms with Gasteiger partial charge in [0.05, 0.1) is 35.5 Å². The first-order valence-electron chi connectivity index (χ1n) is 11.6. The molecule has 9 nitrogen and oxygen atoms in total. The Hall–Kier alpha value is -2.66. The highest BCUT2D eigenvalue weighted by atomic mass is 35.5. The zero-order valence-electron chi connectivity index (χ0n) is 19.6. The number of nitrogens with one attached hydrogen (secondary N) is 1. The number of cyclic esters (lactones) is 1. The maximum atomic E-state index is 13.1. The highest BCUT2D eigenvalue weighted by Crippen LogP contribution is 2.27. The minimum absolute atomic E-state index is 0.0131. The summed E-state index contributed by atoms with van der Waals surface area (Å²) in [6.07, 6.45) is -0.326. The van der Waals surface area contributed by atoms with Gasteiger partial charge in [-0.3, -0.25) is 19.4 Å². The maximum Gasteiger partial charge on any atom is 0.414 e. The summed E-state index contributed by atoms with van der Waals surface area (Å²) >= 11 is 7.12. The molecule has 2 saturated heterocycles. The van der Waals surface area contributed by atoms with E-state index in [1.165, 1.54) is 9.80 Å². The number of ether oxygens (including phenoxy) is 2. The highest BCUT2D eigenvalue weighted by Gasteiger charge is 2.36. The molecule has 1 N–H and O–H groups in total. The van der Waals surface area contributed by atoms with E-state index in [-0.39, 0.29) is 25.4 Å². The Kier molecular flexibility index (Phi) is 8.61. The molecule has 1 aromatic heterocycles. The Labute approximate surface area is 213 Å². The zero-order valence-corrected chi connectivity index (χ0v) is 21.1. The number of morpholine rings is 1. The molecule has 3 heterocycles. The fourth-order valence-electron chi connectivity index (χ4n) is 4.11. The van der Waals surface area contributed by atoms with Gasteiger partial charge in [0.1, 0.15) is 6.10 Å². The van der Waals surface area contributed by atoms with Gasteiger partial charge in [0, 0.05) is 30.9 Å². The summed E-state index contributed by atoms with van der Waals surface area (Å²) in [6.45, 7) is 3.94. The number of carbonyl (C=O) groups excluding carboxylic acids is 3. The van der Waals surface area contributed by atoms with Gasteiger partial charge in [0.15, 0.2) is 0 Å². The van der Waals surface area contributed by atoms with Gasteiger partial charge in [-0.1, -0.05) is 11.6 Å². The molecule has 0 spiro atoms. The minimum atomic E-state index is -0.631. The molecule has 0 aliphatic carbocycles. The van der Waals surface area contributed by atoms with E-state index in [1.54, 1.807) is 19.2 Å². The molecule has 0 saturated carbocycles. The second-order valence-electron chi connectivity index (χ2n) is 8.35. The molecule has 2 aliphatic heterocycles. The van der Waals surface area contributed by atoms with Crippen LogP contribution in [0.4, 0.5) is 16.2 Å². The van der Waals surface area contributed by atoms with E-state index in [0.717, 1.165) is 30.1 Å². The van der Waals surface area contributed by atoms with Gasteiger partial charge < -0.3 is 19.7 Å². The van der Waals surface area contributed by atoms with E-state index < -0.39 is 18.1 Å². The number of amides is 3. The highest BCUT2D eigenvalue weighted by molar-refractivity contribution is 7.18. The van der Waals surface area contributed by atoms with E-state index in [2.05, 4.69) is 10.2 Å². The average Bonchev–Trinajstić information content (AvgIpc) is 3.48. The Morgan fingerprint density at radius 2 is 1.86 bits per heavy atom. The number of hydrogen-bond donors (Lipinski definition) is 1. The van der Waals surface area contributed by atoms with Crippen molar-refractivity contribution < 1.29 is 23.9 Å². The number of nitrogens with zero attached hydrogens (tertiary/aromatic N) is 3. The summed E-state index contributed by atoms with van der Waals surface area (Å²) in [5, 5.41) is 3.00. The lowest BCUT2D eigenvalue weighted by Gasteiger charge is -2.29. The van der Waals surface area contributed by atoms with Crippen molar-refractivity contribution in [1.82, 2.24) is 10.2 Å². The molecule has 11 heteroatoms. The van der Waals surface area contributed by atoms with Gasteiger partial charge in [-0.25, -0.2) is 4.79 Å². The van der Waals surface area contributed by atoms with Crippen LogP contribution in [0.2, 0.25) is 4.34 Å². The van der Waals surface area contributed by atoms with Crippen LogP contribution >= 0.6 is 22.9 Å². The monoisotopic (exact) mass is 520 g/mol.